The fraction of sp³-hybridized carbons (Fsp3) is 0.933. The lowest BCUT2D eigenvalue weighted by atomic mass is 9.77. The number of nitrogens with one attached hydrogen (secondary N) is 1. The van der Waals surface area contributed by atoms with E-state index in [1.54, 1.807) is 0 Å². The van der Waals surface area contributed by atoms with E-state index in [-0.39, 0.29) is 0 Å². The molecule has 18 heavy (non-hydrogen) atoms. The first kappa shape index (κ1) is 13.9. The van der Waals surface area contributed by atoms with Gasteiger partial charge in [-0.3, -0.25) is 4.79 Å². The van der Waals surface area contributed by atoms with Crippen molar-refractivity contribution in [2.24, 2.45) is 5.41 Å². The zero-order chi connectivity index (χ0) is 13.0. The molecule has 1 saturated heterocycles. The zero-order valence-electron chi connectivity index (χ0n) is 12.0. The third-order valence-corrected chi connectivity index (χ3v) is 5.06. The van der Waals surface area contributed by atoms with Crippen molar-refractivity contribution in [2.45, 2.75) is 64.8 Å². The second-order valence-electron chi connectivity index (χ2n) is 6.28. The summed E-state index contributed by atoms with van der Waals surface area (Å²) in [4.78, 5) is 14.2. The number of amides is 1. The molecule has 2 fully saturated rings. The van der Waals surface area contributed by atoms with E-state index in [0.717, 1.165) is 19.5 Å². The van der Waals surface area contributed by atoms with Crippen molar-refractivity contribution < 1.29 is 4.79 Å². The van der Waals surface area contributed by atoms with Gasteiger partial charge in [-0.1, -0.05) is 19.8 Å². The SMILES string of the molecule is CCC(C)NCC(=O)N1CCC2(CCCC2)CC1. The number of rotatable bonds is 4. The molecule has 0 bridgehead atoms. The molecule has 3 nitrogen and oxygen atoms in total. The molecule has 0 aromatic heterocycles. The van der Waals surface area contributed by atoms with Gasteiger partial charge in [-0.15, -0.1) is 0 Å². The Hall–Kier alpha value is -0.570. The Morgan fingerprint density at radius 3 is 2.39 bits per heavy atom. The van der Waals surface area contributed by atoms with E-state index in [9.17, 15) is 4.79 Å². The van der Waals surface area contributed by atoms with E-state index in [2.05, 4.69) is 24.1 Å². The number of piperidine rings is 1. The first-order valence-electron chi connectivity index (χ1n) is 7.66. The number of carbonyl (C=O) groups excluding carboxylic acids is 1. The summed E-state index contributed by atoms with van der Waals surface area (Å²) in [7, 11) is 0. The highest BCUT2D eigenvalue weighted by molar-refractivity contribution is 5.78. The van der Waals surface area contributed by atoms with E-state index in [1.165, 1.54) is 38.5 Å². The predicted molar refractivity (Wildman–Crippen MR) is 74.5 cm³/mol. The second-order valence-corrected chi connectivity index (χ2v) is 6.28. The number of hydrogen-bond acceptors (Lipinski definition) is 2. The van der Waals surface area contributed by atoms with Gasteiger partial charge in [0.2, 0.25) is 5.91 Å². The Kier molecular flexibility index (Phi) is 4.66. The molecule has 1 atom stereocenters. The summed E-state index contributed by atoms with van der Waals surface area (Å²) in [5, 5.41) is 3.30. The van der Waals surface area contributed by atoms with Gasteiger partial charge in [-0.25, -0.2) is 0 Å². The Labute approximate surface area is 111 Å². The maximum atomic E-state index is 12.1. The van der Waals surface area contributed by atoms with Gasteiger partial charge in [0.05, 0.1) is 6.54 Å². The molecule has 0 radical (unpaired) electrons. The van der Waals surface area contributed by atoms with Gasteiger partial charge in [0, 0.05) is 19.1 Å². The summed E-state index contributed by atoms with van der Waals surface area (Å²) >= 11 is 0. The molecule has 2 aliphatic rings. The topological polar surface area (TPSA) is 32.3 Å². The molecule has 0 aromatic rings. The van der Waals surface area contributed by atoms with E-state index in [1.807, 2.05) is 0 Å². The fourth-order valence-electron chi connectivity index (χ4n) is 3.37. The van der Waals surface area contributed by atoms with Crippen molar-refractivity contribution in [3.05, 3.63) is 0 Å². The molecule has 2 rings (SSSR count). The highest BCUT2D eigenvalue weighted by Gasteiger charge is 2.37. The van der Waals surface area contributed by atoms with Crippen LogP contribution in [0.2, 0.25) is 0 Å². The van der Waals surface area contributed by atoms with Crippen LogP contribution in [0.15, 0.2) is 0 Å². The van der Waals surface area contributed by atoms with Gasteiger partial charge in [-0.2, -0.15) is 0 Å². The van der Waals surface area contributed by atoms with Crippen LogP contribution in [0.3, 0.4) is 0 Å². The van der Waals surface area contributed by atoms with Crippen molar-refractivity contribution in [1.29, 1.82) is 0 Å². The first-order chi connectivity index (χ1) is 8.65. The van der Waals surface area contributed by atoms with Crippen LogP contribution in [0.25, 0.3) is 0 Å². The standard InChI is InChI=1S/C15H28N2O/c1-3-13(2)16-12-14(18)17-10-8-15(9-11-17)6-4-5-7-15/h13,16H,3-12H2,1-2H3. The number of likely N-dealkylation sites (tertiary alicyclic amines) is 1. The van der Waals surface area contributed by atoms with Crippen molar-refractivity contribution in [2.75, 3.05) is 19.6 Å². The molecule has 1 spiro atoms. The maximum absolute atomic E-state index is 12.1. The molecule has 104 valence electrons. The zero-order valence-corrected chi connectivity index (χ0v) is 12.0. The van der Waals surface area contributed by atoms with E-state index >= 15 is 0 Å². The van der Waals surface area contributed by atoms with E-state index < -0.39 is 0 Å². The van der Waals surface area contributed by atoms with Crippen LogP contribution in [0, 0.1) is 5.41 Å². The summed E-state index contributed by atoms with van der Waals surface area (Å²) in [6, 6.07) is 0.444. The predicted octanol–water partition coefficient (Wildman–Crippen LogP) is 2.56. The fourth-order valence-corrected chi connectivity index (χ4v) is 3.37. The lowest BCUT2D eigenvalue weighted by Gasteiger charge is -2.39. The molecule has 1 aliphatic carbocycles. The lowest BCUT2D eigenvalue weighted by molar-refractivity contribution is -0.132. The molecular weight excluding hydrogens is 224 g/mol. The Balaban J connectivity index is 1.73. The summed E-state index contributed by atoms with van der Waals surface area (Å²) < 4.78 is 0. The number of hydrogen-bond donors (Lipinski definition) is 1. The second kappa shape index (κ2) is 6.05. The summed E-state index contributed by atoms with van der Waals surface area (Å²) in [5.74, 6) is 0.295. The van der Waals surface area contributed by atoms with Crippen molar-refractivity contribution in [3.8, 4) is 0 Å². The average Bonchev–Trinajstić information content (AvgIpc) is 2.84. The van der Waals surface area contributed by atoms with Crippen LogP contribution >= 0.6 is 0 Å². The number of nitrogens with zero attached hydrogens (tertiary/aromatic N) is 1. The smallest absolute Gasteiger partial charge is 0.236 e. The normalized spacial score (nSPS) is 24.4. The van der Waals surface area contributed by atoms with Crippen LogP contribution in [-0.4, -0.2) is 36.5 Å². The van der Waals surface area contributed by atoms with E-state index in [4.69, 9.17) is 0 Å². The highest BCUT2D eigenvalue weighted by Crippen LogP contribution is 2.45. The van der Waals surface area contributed by atoms with Crippen LogP contribution in [-0.2, 0) is 4.79 Å². The monoisotopic (exact) mass is 252 g/mol. The lowest BCUT2D eigenvalue weighted by Crippen LogP contribution is -2.46. The average molecular weight is 252 g/mol. The molecule has 1 heterocycles. The van der Waals surface area contributed by atoms with Gasteiger partial charge in [-0.05, 0) is 44.4 Å². The van der Waals surface area contributed by atoms with Crippen molar-refractivity contribution in [3.63, 3.8) is 0 Å². The largest absolute Gasteiger partial charge is 0.342 e. The van der Waals surface area contributed by atoms with E-state index in [0.29, 0.717) is 23.9 Å². The van der Waals surface area contributed by atoms with Crippen molar-refractivity contribution in [1.82, 2.24) is 10.2 Å². The van der Waals surface area contributed by atoms with Crippen LogP contribution < -0.4 is 5.32 Å². The van der Waals surface area contributed by atoms with Gasteiger partial charge < -0.3 is 10.2 Å². The Morgan fingerprint density at radius 2 is 1.83 bits per heavy atom. The Morgan fingerprint density at radius 1 is 1.22 bits per heavy atom. The Bertz CT molecular complexity index is 274. The third kappa shape index (κ3) is 3.25. The van der Waals surface area contributed by atoms with Crippen molar-refractivity contribution >= 4 is 5.91 Å². The summed E-state index contributed by atoms with van der Waals surface area (Å²) in [6.45, 7) is 6.77. The van der Waals surface area contributed by atoms with Gasteiger partial charge in [0.15, 0.2) is 0 Å². The molecular formula is C15H28N2O. The summed E-state index contributed by atoms with van der Waals surface area (Å²) in [5.41, 5.74) is 0.612. The minimum Gasteiger partial charge on any atom is -0.342 e. The van der Waals surface area contributed by atoms with Gasteiger partial charge >= 0.3 is 0 Å². The van der Waals surface area contributed by atoms with Crippen LogP contribution in [0.1, 0.15) is 58.8 Å². The quantitative estimate of drug-likeness (QED) is 0.834. The molecule has 1 saturated carbocycles. The molecule has 0 aromatic carbocycles. The molecule has 3 heteroatoms. The maximum Gasteiger partial charge on any atom is 0.236 e. The molecule has 1 N–H and O–H groups in total. The number of carbonyl (C=O) groups is 1. The van der Waals surface area contributed by atoms with Crippen LogP contribution in [0.4, 0.5) is 0 Å². The minimum absolute atomic E-state index is 0.295. The molecule has 1 amide bonds. The summed E-state index contributed by atoms with van der Waals surface area (Å²) in [6.07, 6.45) is 9.17. The van der Waals surface area contributed by atoms with Crippen LogP contribution in [0.5, 0.6) is 0 Å². The minimum atomic E-state index is 0.295. The third-order valence-electron chi connectivity index (χ3n) is 5.06. The first-order valence-corrected chi connectivity index (χ1v) is 7.66. The molecule has 1 unspecified atom stereocenters. The molecule has 1 aliphatic heterocycles. The van der Waals surface area contributed by atoms with Gasteiger partial charge in [0.1, 0.15) is 0 Å². The van der Waals surface area contributed by atoms with Gasteiger partial charge in [0.25, 0.3) is 0 Å². The highest BCUT2D eigenvalue weighted by atomic mass is 16.2.